The van der Waals surface area contributed by atoms with Gasteiger partial charge in [-0.05, 0) is 24.3 Å². The number of fused-ring (bicyclic) bond motifs is 1. The summed E-state index contributed by atoms with van der Waals surface area (Å²) >= 11 is 0. The summed E-state index contributed by atoms with van der Waals surface area (Å²) in [5.41, 5.74) is 2.15. The van der Waals surface area contributed by atoms with Crippen molar-refractivity contribution in [2.45, 2.75) is 12.5 Å². The maximum absolute atomic E-state index is 12.3. The Hall–Kier alpha value is -3.16. The lowest BCUT2D eigenvalue weighted by Crippen LogP contribution is -2.32. The summed E-state index contributed by atoms with van der Waals surface area (Å²) in [5.74, 6) is -0.652. The van der Waals surface area contributed by atoms with Gasteiger partial charge in [0.15, 0.2) is 6.10 Å². The van der Waals surface area contributed by atoms with Crippen molar-refractivity contribution in [3.8, 4) is 11.3 Å². The largest absolute Gasteiger partial charge is 0.479 e. The van der Waals surface area contributed by atoms with Gasteiger partial charge in [-0.3, -0.25) is 4.79 Å². The summed E-state index contributed by atoms with van der Waals surface area (Å²) in [6.07, 6.45) is -0.891. The Morgan fingerprint density at radius 1 is 1.14 bits per heavy atom. The first-order valence-electron chi connectivity index (χ1n) is 8.79. The van der Waals surface area contributed by atoms with Crippen molar-refractivity contribution in [2.24, 2.45) is 0 Å². The predicted octanol–water partition coefficient (Wildman–Crippen LogP) is 3.29. The lowest BCUT2D eigenvalue weighted by molar-refractivity contribution is -0.159. The summed E-state index contributed by atoms with van der Waals surface area (Å²) in [4.78, 5) is 23.3. The van der Waals surface area contributed by atoms with E-state index in [4.69, 9.17) is 19.0 Å². The standard InChI is InChI=1S/C21H21NO6/c1-26-13-27-18(21(24)25)10-11-22-20(23)15-8-6-14(7-9-15)19-12-16-4-2-3-5-17(16)28-19/h2-9,12,18H,10-11,13H2,1H3,(H,22,23)(H,24,25)/t18-/m0/s1. The number of para-hydroxylation sites is 1. The molecule has 1 amide bonds. The highest BCUT2D eigenvalue weighted by atomic mass is 16.7. The van der Waals surface area contributed by atoms with Gasteiger partial charge in [0.2, 0.25) is 0 Å². The van der Waals surface area contributed by atoms with E-state index in [9.17, 15) is 9.59 Å². The van der Waals surface area contributed by atoms with Crippen LogP contribution in [0.4, 0.5) is 0 Å². The Kier molecular flexibility index (Phi) is 6.41. The van der Waals surface area contributed by atoms with Crippen LogP contribution in [0.5, 0.6) is 0 Å². The van der Waals surface area contributed by atoms with Crippen LogP contribution < -0.4 is 5.32 Å². The quantitative estimate of drug-likeness (QED) is 0.550. The van der Waals surface area contributed by atoms with Crippen LogP contribution in [0.25, 0.3) is 22.3 Å². The molecule has 28 heavy (non-hydrogen) atoms. The third kappa shape index (κ3) is 4.76. The van der Waals surface area contributed by atoms with Gasteiger partial charge in [0.05, 0.1) is 0 Å². The monoisotopic (exact) mass is 383 g/mol. The number of ether oxygens (including phenoxy) is 2. The van der Waals surface area contributed by atoms with Crippen molar-refractivity contribution in [2.75, 3.05) is 20.4 Å². The number of carboxylic acid groups (broad SMARTS) is 1. The van der Waals surface area contributed by atoms with Crippen LogP contribution >= 0.6 is 0 Å². The van der Waals surface area contributed by atoms with Gasteiger partial charge >= 0.3 is 5.97 Å². The fourth-order valence-electron chi connectivity index (χ4n) is 2.76. The van der Waals surface area contributed by atoms with E-state index in [0.29, 0.717) is 5.56 Å². The maximum Gasteiger partial charge on any atom is 0.332 e. The second-order valence-corrected chi connectivity index (χ2v) is 6.17. The molecule has 2 aromatic carbocycles. The van der Waals surface area contributed by atoms with Gasteiger partial charge in [0, 0.05) is 36.6 Å². The topological polar surface area (TPSA) is 98.0 Å². The van der Waals surface area contributed by atoms with E-state index in [1.807, 2.05) is 42.5 Å². The van der Waals surface area contributed by atoms with Gasteiger partial charge in [-0.15, -0.1) is 0 Å². The molecule has 0 saturated heterocycles. The van der Waals surface area contributed by atoms with E-state index in [1.165, 1.54) is 7.11 Å². The van der Waals surface area contributed by atoms with E-state index < -0.39 is 12.1 Å². The molecule has 0 bridgehead atoms. The van der Waals surface area contributed by atoms with E-state index in [-0.39, 0.29) is 25.7 Å². The molecule has 7 heteroatoms. The Labute approximate surface area is 161 Å². The molecule has 0 aliphatic rings. The molecule has 1 atom stereocenters. The molecule has 0 radical (unpaired) electrons. The van der Waals surface area contributed by atoms with Crippen molar-refractivity contribution in [1.82, 2.24) is 5.32 Å². The molecule has 1 heterocycles. The van der Waals surface area contributed by atoms with Gasteiger partial charge in [0.1, 0.15) is 18.1 Å². The molecule has 0 unspecified atom stereocenters. The number of hydrogen-bond acceptors (Lipinski definition) is 5. The van der Waals surface area contributed by atoms with E-state index >= 15 is 0 Å². The summed E-state index contributed by atoms with van der Waals surface area (Å²) in [6, 6.07) is 16.7. The molecule has 0 spiro atoms. The van der Waals surface area contributed by atoms with Crippen LogP contribution in [-0.4, -0.2) is 43.5 Å². The Morgan fingerprint density at radius 2 is 1.89 bits per heavy atom. The fourth-order valence-corrected chi connectivity index (χ4v) is 2.76. The minimum absolute atomic E-state index is 0.117. The molecule has 1 aromatic heterocycles. The van der Waals surface area contributed by atoms with Gasteiger partial charge in [-0.25, -0.2) is 4.79 Å². The van der Waals surface area contributed by atoms with E-state index in [1.54, 1.807) is 12.1 Å². The second-order valence-electron chi connectivity index (χ2n) is 6.17. The van der Waals surface area contributed by atoms with Crippen molar-refractivity contribution in [3.63, 3.8) is 0 Å². The lowest BCUT2D eigenvalue weighted by atomic mass is 10.1. The number of hydrogen-bond donors (Lipinski definition) is 2. The minimum Gasteiger partial charge on any atom is -0.479 e. The van der Waals surface area contributed by atoms with Gasteiger partial charge < -0.3 is 24.3 Å². The summed E-state index contributed by atoms with van der Waals surface area (Å²) in [7, 11) is 1.41. The average Bonchev–Trinajstić information content (AvgIpc) is 3.14. The molecule has 0 saturated carbocycles. The summed E-state index contributed by atoms with van der Waals surface area (Å²) in [6.45, 7) is 0.0546. The number of amides is 1. The van der Waals surface area contributed by atoms with Crippen molar-refractivity contribution < 1.29 is 28.6 Å². The zero-order valence-corrected chi connectivity index (χ0v) is 15.4. The maximum atomic E-state index is 12.3. The first-order chi connectivity index (χ1) is 13.6. The molecular weight excluding hydrogens is 362 g/mol. The summed E-state index contributed by atoms with van der Waals surface area (Å²) in [5, 5.41) is 12.8. The SMILES string of the molecule is COCO[C@@H](CCNC(=O)c1ccc(-c2cc3ccccc3o2)cc1)C(=O)O. The van der Waals surface area contributed by atoms with Crippen molar-refractivity contribution in [3.05, 3.63) is 60.2 Å². The van der Waals surface area contributed by atoms with Crippen LogP contribution in [-0.2, 0) is 14.3 Å². The van der Waals surface area contributed by atoms with Crippen LogP contribution in [0.1, 0.15) is 16.8 Å². The van der Waals surface area contributed by atoms with E-state index in [2.05, 4.69) is 5.32 Å². The number of carbonyl (C=O) groups is 2. The molecule has 2 N–H and O–H groups in total. The number of carbonyl (C=O) groups excluding carboxylic acids is 1. The van der Waals surface area contributed by atoms with E-state index in [0.717, 1.165) is 22.3 Å². The van der Waals surface area contributed by atoms with Crippen LogP contribution in [0.3, 0.4) is 0 Å². The predicted molar refractivity (Wildman–Crippen MR) is 103 cm³/mol. The normalized spacial score (nSPS) is 12.0. The highest BCUT2D eigenvalue weighted by molar-refractivity contribution is 5.94. The molecule has 0 aliphatic heterocycles. The zero-order chi connectivity index (χ0) is 19.9. The number of carboxylic acids is 1. The number of furan rings is 1. The van der Waals surface area contributed by atoms with Crippen LogP contribution in [0.2, 0.25) is 0 Å². The minimum atomic E-state index is -1.10. The van der Waals surface area contributed by atoms with Crippen molar-refractivity contribution in [1.29, 1.82) is 0 Å². The lowest BCUT2D eigenvalue weighted by Gasteiger charge is -2.13. The molecule has 146 valence electrons. The van der Waals surface area contributed by atoms with Crippen LogP contribution in [0, 0.1) is 0 Å². The van der Waals surface area contributed by atoms with Gasteiger partial charge in [-0.2, -0.15) is 0 Å². The van der Waals surface area contributed by atoms with Gasteiger partial charge in [-0.1, -0.05) is 30.3 Å². The number of aliphatic carboxylic acids is 1. The number of benzene rings is 2. The Bertz CT molecular complexity index is 914. The zero-order valence-electron chi connectivity index (χ0n) is 15.4. The highest BCUT2D eigenvalue weighted by Gasteiger charge is 2.18. The highest BCUT2D eigenvalue weighted by Crippen LogP contribution is 2.27. The number of nitrogens with one attached hydrogen (secondary N) is 1. The fraction of sp³-hybridized carbons (Fsp3) is 0.238. The summed E-state index contributed by atoms with van der Waals surface area (Å²) < 4.78 is 15.6. The third-order valence-corrected chi connectivity index (χ3v) is 4.21. The number of rotatable bonds is 9. The average molecular weight is 383 g/mol. The van der Waals surface area contributed by atoms with Crippen molar-refractivity contribution >= 4 is 22.8 Å². The van der Waals surface area contributed by atoms with Crippen LogP contribution in [0.15, 0.2) is 59.0 Å². The molecular formula is C21H21NO6. The number of methoxy groups -OCH3 is 1. The Balaban J connectivity index is 1.58. The smallest absolute Gasteiger partial charge is 0.332 e. The first kappa shape index (κ1) is 19.6. The third-order valence-electron chi connectivity index (χ3n) is 4.21. The second kappa shape index (κ2) is 9.16. The molecule has 0 fully saturated rings. The first-order valence-corrected chi connectivity index (χ1v) is 8.79. The molecule has 7 nitrogen and oxygen atoms in total. The molecule has 3 rings (SSSR count). The molecule has 3 aromatic rings. The molecule has 0 aliphatic carbocycles. The Morgan fingerprint density at radius 3 is 2.57 bits per heavy atom. The van der Waals surface area contributed by atoms with Gasteiger partial charge in [0.25, 0.3) is 5.91 Å².